The van der Waals surface area contributed by atoms with Gasteiger partial charge in [-0.15, -0.1) is 0 Å². The van der Waals surface area contributed by atoms with Gasteiger partial charge < -0.3 is 14.4 Å². The zero-order valence-electron chi connectivity index (χ0n) is 20.1. The van der Waals surface area contributed by atoms with E-state index in [4.69, 9.17) is 14.5 Å². The monoisotopic (exact) mass is 483 g/mol. The molecule has 6 rings (SSSR count). The van der Waals surface area contributed by atoms with Gasteiger partial charge in [-0.2, -0.15) is 0 Å². The van der Waals surface area contributed by atoms with Crippen LogP contribution >= 0.6 is 0 Å². The van der Waals surface area contributed by atoms with Crippen LogP contribution in [0.2, 0.25) is 0 Å². The van der Waals surface area contributed by atoms with Gasteiger partial charge in [0.25, 0.3) is 0 Å². The molecule has 0 fully saturated rings. The molecule has 37 heavy (non-hydrogen) atoms. The van der Waals surface area contributed by atoms with Crippen molar-refractivity contribution in [3.05, 3.63) is 140 Å². The van der Waals surface area contributed by atoms with Gasteiger partial charge in [-0.3, -0.25) is 4.90 Å². The van der Waals surface area contributed by atoms with Gasteiger partial charge in [0.2, 0.25) is 0 Å². The molecule has 0 unspecified atom stereocenters. The summed E-state index contributed by atoms with van der Waals surface area (Å²) >= 11 is 0. The summed E-state index contributed by atoms with van der Waals surface area (Å²) in [6.07, 6.45) is 5.42. The van der Waals surface area contributed by atoms with Crippen LogP contribution in [0.1, 0.15) is 0 Å². The smallest absolute Gasteiger partial charge is 0.164 e. The van der Waals surface area contributed by atoms with E-state index < -0.39 is 0 Å². The summed E-state index contributed by atoms with van der Waals surface area (Å²) in [5.41, 5.74) is 5.25. The fraction of sp³-hybridized carbons (Fsp3) is 0.0312. The number of rotatable bonds is 7. The van der Waals surface area contributed by atoms with Crippen molar-refractivity contribution in [2.24, 2.45) is 0 Å². The second-order valence-corrected chi connectivity index (χ2v) is 8.55. The van der Waals surface area contributed by atoms with E-state index in [-0.39, 0.29) is 0 Å². The van der Waals surface area contributed by atoms with Gasteiger partial charge in [0.1, 0.15) is 23.6 Å². The van der Waals surface area contributed by atoms with Crippen LogP contribution in [0.4, 0.5) is 22.9 Å². The van der Waals surface area contributed by atoms with Crippen molar-refractivity contribution in [3.8, 4) is 22.6 Å². The Hall–Kier alpha value is -5.03. The lowest BCUT2D eigenvalue weighted by molar-refractivity contribution is 0.282. The highest BCUT2D eigenvalue weighted by Crippen LogP contribution is 2.41. The van der Waals surface area contributed by atoms with Crippen molar-refractivity contribution < 1.29 is 9.47 Å². The first-order valence-corrected chi connectivity index (χ1v) is 12.1. The molecule has 5 aromatic rings. The summed E-state index contributed by atoms with van der Waals surface area (Å²) in [4.78, 5) is 8.88. The molecule has 0 N–H and O–H groups in total. The number of nitrogens with zero attached hydrogens (tertiary/aromatic N) is 3. The highest BCUT2D eigenvalue weighted by atomic mass is 16.5. The van der Waals surface area contributed by atoms with E-state index in [1.54, 1.807) is 6.26 Å². The maximum Gasteiger partial charge on any atom is 0.164 e. The molecule has 0 amide bonds. The van der Waals surface area contributed by atoms with Crippen molar-refractivity contribution in [1.29, 1.82) is 0 Å². The van der Waals surface area contributed by atoms with Crippen molar-refractivity contribution in [2.75, 3.05) is 16.5 Å². The van der Waals surface area contributed by atoms with E-state index in [9.17, 15) is 0 Å². The van der Waals surface area contributed by atoms with E-state index in [1.807, 2.05) is 84.0 Å². The molecular formula is C32H25N3O2. The minimum absolute atomic E-state index is 0.499. The van der Waals surface area contributed by atoms with Gasteiger partial charge >= 0.3 is 0 Å². The van der Waals surface area contributed by atoms with Crippen molar-refractivity contribution in [2.45, 2.75) is 0 Å². The summed E-state index contributed by atoms with van der Waals surface area (Å²) in [5, 5.41) is 0. The summed E-state index contributed by atoms with van der Waals surface area (Å²) in [6.45, 7) is 0.499. The standard InChI is InChI=1S/C32H25N3O2/c1-2-10-25(11-3-1)30-16-4-5-17-31(30)35(32-18-6-7-19-33-32)27-13-9-15-29(23-27)37-28-14-8-12-26(22-28)34-20-21-36-24-34/h1-23H,24H2. The zero-order chi connectivity index (χ0) is 24.9. The molecule has 5 nitrogen and oxygen atoms in total. The third-order valence-electron chi connectivity index (χ3n) is 6.12. The maximum absolute atomic E-state index is 6.32. The molecule has 0 bridgehead atoms. The Kier molecular flexibility index (Phi) is 6.25. The lowest BCUT2D eigenvalue weighted by Gasteiger charge is -2.27. The molecule has 4 aromatic carbocycles. The summed E-state index contributed by atoms with van der Waals surface area (Å²) < 4.78 is 11.6. The molecule has 0 aliphatic carbocycles. The minimum atomic E-state index is 0.499. The van der Waals surface area contributed by atoms with E-state index in [0.717, 1.165) is 45.5 Å². The molecule has 0 atom stereocenters. The molecule has 180 valence electrons. The van der Waals surface area contributed by atoms with Crippen LogP contribution in [0.5, 0.6) is 11.5 Å². The molecule has 0 radical (unpaired) electrons. The second-order valence-electron chi connectivity index (χ2n) is 8.55. The van der Waals surface area contributed by atoms with Gasteiger partial charge in [-0.05, 0) is 48.0 Å². The number of aromatic nitrogens is 1. The van der Waals surface area contributed by atoms with Crippen LogP contribution in [0, 0.1) is 0 Å². The molecular weight excluding hydrogens is 458 g/mol. The number of anilines is 4. The second kappa shape index (κ2) is 10.3. The zero-order valence-corrected chi connectivity index (χ0v) is 20.1. The highest BCUT2D eigenvalue weighted by molar-refractivity contribution is 5.87. The number of benzene rings is 4. The fourth-order valence-corrected chi connectivity index (χ4v) is 4.40. The third-order valence-corrected chi connectivity index (χ3v) is 6.12. The first-order valence-electron chi connectivity index (χ1n) is 12.1. The number of para-hydroxylation sites is 1. The summed E-state index contributed by atoms with van der Waals surface area (Å²) in [5.74, 6) is 2.32. The Morgan fingerprint density at radius 3 is 2.32 bits per heavy atom. The summed E-state index contributed by atoms with van der Waals surface area (Å²) in [6, 6.07) is 40.8. The SMILES string of the molecule is C1=CN(c2cccc(Oc3cccc(N(c4ccccn4)c4ccccc4-c4ccccc4)c3)c2)CO1. The predicted molar refractivity (Wildman–Crippen MR) is 148 cm³/mol. The van der Waals surface area contributed by atoms with Crippen LogP contribution in [-0.4, -0.2) is 11.7 Å². The predicted octanol–water partition coefficient (Wildman–Crippen LogP) is 8.28. The Balaban J connectivity index is 1.39. The third kappa shape index (κ3) is 4.88. The highest BCUT2D eigenvalue weighted by Gasteiger charge is 2.18. The Labute approximate surface area is 216 Å². The number of hydrogen-bond donors (Lipinski definition) is 0. The average Bonchev–Trinajstić information content (AvgIpc) is 3.51. The molecule has 1 aliphatic heterocycles. The Bertz CT molecular complexity index is 1520. The van der Waals surface area contributed by atoms with Gasteiger partial charge in [0.15, 0.2) is 6.73 Å². The van der Waals surface area contributed by atoms with Gasteiger partial charge in [0, 0.05) is 35.8 Å². The molecule has 2 heterocycles. The van der Waals surface area contributed by atoms with Crippen LogP contribution in [-0.2, 0) is 4.74 Å². The normalized spacial score (nSPS) is 12.3. The van der Waals surface area contributed by atoms with Crippen LogP contribution in [0.25, 0.3) is 11.1 Å². The lowest BCUT2D eigenvalue weighted by atomic mass is 10.0. The number of hydrogen-bond acceptors (Lipinski definition) is 5. The Morgan fingerprint density at radius 2 is 1.51 bits per heavy atom. The van der Waals surface area contributed by atoms with Gasteiger partial charge in [-0.1, -0.05) is 66.7 Å². The molecule has 1 aliphatic rings. The quantitative estimate of drug-likeness (QED) is 0.233. The first kappa shape index (κ1) is 22.4. The lowest BCUT2D eigenvalue weighted by Crippen LogP contribution is -2.13. The van der Waals surface area contributed by atoms with Crippen molar-refractivity contribution in [1.82, 2.24) is 4.98 Å². The number of ether oxygens (including phenoxy) is 2. The molecule has 0 saturated heterocycles. The molecule has 0 saturated carbocycles. The van der Waals surface area contributed by atoms with Gasteiger partial charge in [-0.25, -0.2) is 4.98 Å². The van der Waals surface area contributed by atoms with E-state index in [2.05, 4.69) is 59.5 Å². The average molecular weight is 484 g/mol. The number of pyridine rings is 1. The maximum atomic E-state index is 6.32. The van der Waals surface area contributed by atoms with E-state index in [1.165, 1.54) is 0 Å². The topological polar surface area (TPSA) is 37.8 Å². The fourth-order valence-electron chi connectivity index (χ4n) is 4.40. The van der Waals surface area contributed by atoms with E-state index in [0.29, 0.717) is 6.73 Å². The first-order chi connectivity index (χ1) is 18.3. The Morgan fingerprint density at radius 1 is 0.730 bits per heavy atom. The van der Waals surface area contributed by atoms with Gasteiger partial charge in [0.05, 0.1) is 11.4 Å². The van der Waals surface area contributed by atoms with Crippen molar-refractivity contribution >= 4 is 22.9 Å². The minimum Gasteiger partial charge on any atom is -0.479 e. The van der Waals surface area contributed by atoms with Crippen LogP contribution in [0.15, 0.2) is 140 Å². The largest absolute Gasteiger partial charge is 0.479 e. The van der Waals surface area contributed by atoms with Crippen LogP contribution in [0.3, 0.4) is 0 Å². The van der Waals surface area contributed by atoms with Crippen molar-refractivity contribution in [3.63, 3.8) is 0 Å². The van der Waals surface area contributed by atoms with E-state index >= 15 is 0 Å². The molecule has 5 heteroatoms. The molecule has 0 spiro atoms. The summed E-state index contributed by atoms with van der Waals surface area (Å²) in [7, 11) is 0. The van der Waals surface area contributed by atoms with Crippen LogP contribution < -0.4 is 14.5 Å². The molecule has 1 aromatic heterocycles.